The highest BCUT2D eigenvalue weighted by Gasteiger charge is 2.35. The van der Waals surface area contributed by atoms with Crippen LogP contribution in [0.3, 0.4) is 0 Å². The van der Waals surface area contributed by atoms with Crippen LogP contribution < -0.4 is 5.32 Å². The SMILES string of the molecule is OCc1ccc(NC(C2CCC2)C2CCC2)cc1. The second-order valence-electron chi connectivity index (χ2n) is 5.91. The van der Waals surface area contributed by atoms with Gasteiger partial charge in [-0.05, 0) is 55.2 Å². The maximum Gasteiger partial charge on any atom is 0.0681 e. The van der Waals surface area contributed by atoms with E-state index in [0.717, 1.165) is 17.4 Å². The number of hydrogen-bond donors (Lipinski definition) is 2. The quantitative estimate of drug-likeness (QED) is 0.831. The fourth-order valence-corrected chi connectivity index (χ4v) is 3.12. The van der Waals surface area contributed by atoms with Gasteiger partial charge in [0.25, 0.3) is 0 Å². The van der Waals surface area contributed by atoms with Crippen LogP contribution in [-0.2, 0) is 6.61 Å². The van der Waals surface area contributed by atoms with E-state index in [1.807, 2.05) is 12.1 Å². The van der Waals surface area contributed by atoms with Crippen molar-refractivity contribution in [2.45, 2.75) is 51.2 Å². The lowest BCUT2D eigenvalue weighted by atomic mass is 9.68. The van der Waals surface area contributed by atoms with Gasteiger partial charge in [-0.1, -0.05) is 25.0 Å². The van der Waals surface area contributed by atoms with Crippen LogP contribution in [-0.4, -0.2) is 11.1 Å². The van der Waals surface area contributed by atoms with Crippen LogP contribution in [0.4, 0.5) is 5.69 Å². The molecule has 2 N–H and O–H groups in total. The van der Waals surface area contributed by atoms with Crippen molar-refractivity contribution < 1.29 is 5.11 Å². The van der Waals surface area contributed by atoms with Gasteiger partial charge in [-0.25, -0.2) is 0 Å². The van der Waals surface area contributed by atoms with Crippen molar-refractivity contribution in [3.05, 3.63) is 29.8 Å². The first-order chi connectivity index (χ1) is 8.86. The van der Waals surface area contributed by atoms with Crippen LogP contribution in [0.15, 0.2) is 24.3 Å². The standard InChI is InChI=1S/C16H23NO/c18-11-12-7-9-15(10-8-12)17-16(13-3-1-4-13)14-5-2-6-14/h7-10,13-14,16-18H,1-6,11H2. The largest absolute Gasteiger partial charge is 0.392 e. The van der Waals surface area contributed by atoms with Crippen molar-refractivity contribution in [3.63, 3.8) is 0 Å². The monoisotopic (exact) mass is 245 g/mol. The summed E-state index contributed by atoms with van der Waals surface area (Å²) in [5.74, 6) is 1.79. The van der Waals surface area contributed by atoms with Gasteiger partial charge in [-0.15, -0.1) is 0 Å². The van der Waals surface area contributed by atoms with E-state index in [4.69, 9.17) is 5.11 Å². The topological polar surface area (TPSA) is 32.3 Å². The molecule has 98 valence electrons. The van der Waals surface area contributed by atoms with Gasteiger partial charge in [0.05, 0.1) is 6.61 Å². The number of hydrogen-bond acceptors (Lipinski definition) is 2. The summed E-state index contributed by atoms with van der Waals surface area (Å²) >= 11 is 0. The maximum absolute atomic E-state index is 9.06. The van der Waals surface area contributed by atoms with Crippen LogP contribution in [0.2, 0.25) is 0 Å². The van der Waals surface area contributed by atoms with E-state index in [0.29, 0.717) is 6.04 Å². The predicted molar refractivity (Wildman–Crippen MR) is 74.5 cm³/mol. The summed E-state index contributed by atoms with van der Waals surface area (Å²) in [6.45, 7) is 0.134. The smallest absolute Gasteiger partial charge is 0.0681 e. The van der Waals surface area contributed by atoms with Crippen LogP contribution in [0.5, 0.6) is 0 Å². The van der Waals surface area contributed by atoms with Gasteiger partial charge in [0.15, 0.2) is 0 Å². The van der Waals surface area contributed by atoms with Crippen molar-refractivity contribution in [1.29, 1.82) is 0 Å². The number of nitrogens with one attached hydrogen (secondary N) is 1. The molecule has 0 bridgehead atoms. The highest BCUT2D eigenvalue weighted by molar-refractivity contribution is 5.45. The maximum atomic E-state index is 9.06. The third-order valence-electron chi connectivity index (χ3n) is 4.79. The lowest BCUT2D eigenvalue weighted by Crippen LogP contribution is -2.42. The van der Waals surface area contributed by atoms with E-state index in [9.17, 15) is 0 Å². The zero-order valence-corrected chi connectivity index (χ0v) is 10.9. The summed E-state index contributed by atoms with van der Waals surface area (Å²) in [4.78, 5) is 0. The molecule has 2 heteroatoms. The Morgan fingerprint density at radius 1 is 1.00 bits per heavy atom. The highest BCUT2D eigenvalue weighted by Crippen LogP contribution is 2.41. The Labute approximate surface area is 109 Å². The molecule has 0 radical (unpaired) electrons. The first-order valence-corrected chi connectivity index (χ1v) is 7.33. The van der Waals surface area contributed by atoms with Crippen molar-refractivity contribution in [1.82, 2.24) is 0 Å². The van der Waals surface area contributed by atoms with Crippen LogP contribution >= 0.6 is 0 Å². The average Bonchev–Trinajstić information content (AvgIpc) is 2.25. The predicted octanol–water partition coefficient (Wildman–Crippen LogP) is 3.56. The van der Waals surface area contributed by atoms with E-state index in [1.165, 1.54) is 44.2 Å². The minimum Gasteiger partial charge on any atom is -0.392 e. The molecule has 2 aliphatic rings. The van der Waals surface area contributed by atoms with Gasteiger partial charge in [0, 0.05) is 11.7 Å². The lowest BCUT2D eigenvalue weighted by molar-refractivity contribution is 0.166. The lowest BCUT2D eigenvalue weighted by Gasteiger charge is -2.43. The molecule has 0 spiro atoms. The Hall–Kier alpha value is -1.02. The molecular formula is C16H23NO. The summed E-state index contributed by atoms with van der Waals surface area (Å²) < 4.78 is 0. The zero-order chi connectivity index (χ0) is 12.4. The normalized spacial score (nSPS) is 20.6. The van der Waals surface area contributed by atoms with Gasteiger partial charge < -0.3 is 10.4 Å². The number of rotatable bonds is 5. The summed E-state index contributed by atoms with van der Waals surface area (Å²) in [7, 11) is 0. The minimum absolute atomic E-state index is 0.134. The van der Waals surface area contributed by atoms with E-state index in [1.54, 1.807) is 0 Å². The van der Waals surface area contributed by atoms with Gasteiger partial charge in [0.1, 0.15) is 0 Å². The fourth-order valence-electron chi connectivity index (χ4n) is 3.12. The van der Waals surface area contributed by atoms with Crippen molar-refractivity contribution >= 4 is 5.69 Å². The number of anilines is 1. The Balaban J connectivity index is 1.66. The van der Waals surface area contributed by atoms with Gasteiger partial charge in [-0.2, -0.15) is 0 Å². The Morgan fingerprint density at radius 2 is 1.56 bits per heavy atom. The van der Waals surface area contributed by atoms with E-state index < -0.39 is 0 Å². The molecule has 3 rings (SSSR count). The molecule has 2 fully saturated rings. The molecule has 0 saturated heterocycles. The molecule has 2 aliphatic carbocycles. The molecule has 0 heterocycles. The Morgan fingerprint density at radius 3 is 1.94 bits per heavy atom. The summed E-state index contributed by atoms with van der Waals surface area (Å²) in [6.07, 6.45) is 8.45. The highest BCUT2D eigenvalue weighted by atomic mass is 16.3. The fraction of sp³-hybridized carbons (Fsp3) is 0.625. The molecule has 1 aromatic carbocycles. The van der Waals surface area contributed by atoms with Crippen LogP contribution in [0.1, 0.15) is 44.1 Å². The van der Waals surface area contributed by atoms with Crippen molar-refractivity contribution in [2.24, 2.45) is 11.8 Å². The number of aliphatic hydroxyl groups excluding tert-OH is 1. The van der Waals surface area contributed by atoms with Crippen molar-refractivity contribution in [2.75, 3.05) is 5.32 Å². The molecule has 0 unspecified atom stereocenters. The van der Waals surface area contributed by atoms with Gasteiger partial charge in [-0.3, -0.25) is 0 Å². The number of aliphatic hydroxyl groups is 1. The molecule has 0 amide bonds. The van der Waals surface area contributed by atoms with Crippen LogP contribution in [0, 0.1) is 11.8 Å². The molecule has 1 aromatic rings. The second-order valence-corrected chi connectivity index (χ2v) is 5.91. The van der Waals surface area contributed by atoms with Crippen molar-refractivity contribution in [3.8, 4) is 0 Å². The molecule has 2 saturated carbocycles. The number of benzene rings is 1. The molecule has 0 atom stereocenters. The van der Waals surface area contributed by atoms with Gasteiger partial charge >= 0.3 is 0 Å². The molecule has 2 nitrogen and oxygen atoms in total. The first-order valence-electron chi connectivity index (χ1n) is 7.33. The first kappa shape index (κ1) is 12.0. The van der Waals surface area contributed by atoms with E-state index in [-0.39, 0.29) is 6.61 Å². The molecule has 18 heavy (non-hydrogen) atoms. The van der Waals surface area contributed by atoms with E-state index in [2.05, 4.69) is 17.4 Å². The van der Waals surface area contributed by atoms with E-state index >= 15 is 0 Å². The van der Waals surface area contributed by atoms with Crippen LogP contribution in [0.25, 0.3) is 0 Å². The molecule has 0 aromatic heterocycles. The second kappa shape index (κ2) is 5.31. The summed E-state index contributed by atoms with van der Waals surface area (Å²) in [5, 5.41) is 12.8. The Bertz CT molecular complexity index is 365. The molecular weight excluding hydrogens is 222 g/mol. The minimum atomic E-state index is 0.134. The average molecular weight is 245 g/mol. The Kier molecular flexibility index (Phi) is 3.55. The third kappa shape index (κ3) is 2.39. The third-order valence-corrected chi connectivity index (χ3v) is 4.79. The summed E-state index contributed by atoms with van der Waals surface area (Å²) in [5.41, 5.74) is 2.21. The summed E-state index contributed by atoms with van der Waals surface area (Å²) in [6, 6.07) is 8.93. The zero-order valence-electron chi connectivity index (χ0n) is 10.9. The van der Waals surface area contributed by atoms with Gasteiger partial charge in [0.2, 0.25) is 0 Å². The molecule has 0 aliphatic heterocycles.